The van der Waals surface area contributed by atoms with Crippen molar-refractivity contribution in [3.63, 3.8) is 0 Å². The van der Waals surface area contributed by atoms with E-state index in [4.69, 9.17) is 4.52 Å². The largest absolute Gasteiger partial charge is 0.361 e. The van der Waals surface area contributed by atoms with Gasteiger partial charge in [0.2, 0.25) is 0 Å². The van der Waals surface area contributed by atoms with Crippen molar-refractivity contribution in [2.24, 2.45) is 0 Å². The molecule has 0 aliphatic heterocycles. The highest BCUT2D eigenvalue weighted by molar-refractivity contribution is 7.00. The molecule has 0 N–H and O–H groups in total. The van der Waals surface area contributed by atoms with Crippen LogP contribution in [0.2, 0.25) is 0 Å². The van der Waals surface area contributed by atoms with Crippen LogP contribution in [-0.4, -0.2) is 31.8 Å². The first kappa shape index (κ1) is 14.6. The van der Waals surface area contributed by atoms with E-state index in [1.165, 1.54) is 11.7 Å². The number of amides is 1. The van der Waals surface area contributed by atoms with E-state index in [1.807, 2.05) is 18.2 Å². The molecular formula is C15H16N4O2S. The maximum absolute atomic E-state index is 12.4. The van der Waals surface area contributed by atoms with Crippen molar-refractivity contribution in [2.75, 3.05) is 7.05 Å². The molecule has 22 heavy (non-hydrogen) atoms. The molecule has 0 radical (unpaired) electrons. The van der Waals surface area contributed by atoms with Gasteiger partial charge in [0.25, 0.3) is 5.91 Å². The van der Waals surface area contributed by atoms with E-state index >= 15 is 0 Å². The highest BCUT2D eigenvalue weighted by atomic mass is 32.1. The number of carbonyl (C=O) groups excluding carboxylic acids is 1. The normalized spacial score (nSPS) is 11.0. The van der Waals surface area contributed by atoms with Crippen LogP contribution in [0.1, 0.15) is 35.2 Å². The molecule has 1 aromatic carbocycles. The molecule has 0 fully saturated rings. The Morgan fingerprint density at radius 2 is 2.09 bits per heavy atom. The zero-order valence-corrected chi connectivity index (χ0v) is 13.3. The van der Waals surface area contributed by atoms with Gasteiger partial charge in [-0.05, 0) is 24.1 Å². The lowest BCUT2D eigenvalue weighted by atomic mass is 10.2. The van der Waals surface area contributed by atoms with E-state index in [-0.39, 0.29) is 5.91 Å². The SMILES string of the molecule is CCCc1cc(C(=O)N(C)Cc2ccc3nsnc3c2)no1. The van der Waals surface area contributed by atoms with Crippen LogP contribution in [-0.2, 0) is 13.0 Å². The fourth-order valence-corrected chi connectivity index (χ4v) is 2.76. The van der Waals surface area contributed by atoms with E-state index < -0.39 is 0 Å². The molecule has 0 spiro atoms. The number of aryl methyl sites for hydroxylation is 1. The average molecular weight is 316 g/mol. The maximum Gasteiger partial charge on any atom is 0.276 e. The lowest BCUT2D eigenvalue weighted by Crippen LogP contribution is -2.26. The van der Waals surface area contributed by atoms with Gasteiger partial charge in [-0.15, -0.1) is 0 Å². The summed E-state index contributed by atoms with van der Waals surface area (Å²) < 4.78 is 13.5. The van der Waals surface area contributed by atoms with Crippen molar-refractivity contribution < 1.29 is 9.32 Å². The predicted molar refractivity (Wildman–Crippen MR) is 83.7 cm³/mol. The van der Waals surface area contributed by atoms with Crippen molar-refractivity contribution in [1.82, 2.24) is 18.8 Å². The minimum Gasteiger partial charge on any atom is -0.361 e. The Kier molecular flexibility index (Phi) is 4.15. The van der Waals surface area contributed by atoms with Crippen LogP contribution in [0, 0.1) is 0 Å². The summed E-state index contributed by atoms with van der Waals surface area (Å²) in [5.41, 5.74) is 3.09. The molecule has 7 heteroatoms. The molecule has 3 aromatic rings. The van der Waals surface area contributed by atoms with Gasteiger partial charge in [0.1, 0.15) is 16.8 Å². The van der Waals surface area contributed by atoms with Crippen LogP contribution in [0.4, 0.5) is 0 Å². The number of nitrogens with zero attached hydrogens (tertiary/aromatic N) is 4. The topological polar surface area (TPSA) is 72.1 Å². The number of rotatable bonds is 5. The van der Waals surface area contributed by atoms with Gasteiger partial charge in [0.05, 0.1) is 11.7 Å². The van der Waals surface area contributed by atoms with Crippen molar-refractivity contribution in [2.45, 2.75) is 26.3 Å². The molecule has 3 rings (SSSR count). The molecular weight excluding hydrogens is 300 g/mol. The number of hydrogen-bond donors (Lipinski definition) is 0. The molecule has 0 aliphatic carbocycles. The first-order chi connectivity index (χ1) is 10.7. The van der Waals surface area contributed by atoms with Gasteiger partial charge in [-0.3, -0.25) is 4.79 Å². The summed E-state index contributed by atoms with van der Waals surface area (Å²) in [6, 6.07) is 7.55. The van der Waals surface area contributed by atoms with Gasteiger partial charge < -0.3 is 9.42 Å². The molecule has 1 amide bonds. The Morgan fingerprint density at radius 3 is 2.91 bits per heavy atom. The first-order valence-electron chi connectivity index (χ1n) is 7.09. The van der Waals surface area contributed by atoms with E-state index in [9.17, 15) is 4.79 Å². The minimum atomic E-state index is -0.150. The number of fused-ring (bicyclic) bond motifs is 1. The third-order valence-corrected chi connectivity index (χ3v) is 3.92. The van der Waals surface area contributed by atoms with Gasteiger partial charge >= 0.3 is 0 Å². The predicted octanol–water partition coefficient (Wildman–Crippen LogP) is 2.90. The summed E-state index contributed by atoms with van der Waals surface area (Å²) in [5, 5.41) is 3.85. The summed E-state index contributed by atoms with van der Waals surface area (Å²) in [5.74, 6) is 0.594. The summed E-state index contributed by atoms with van der Waals surface area (Å²) in [6.45, 7) is 2.54. The fraction of sp³-hybridized carbons (Fsp3) is 0.333. The van der Waals surface area contributed by atoms with E-state index in [2.05, 4.69) is 20.8 Å². The zero-order chi connectivity index (χ0) is 15.5. The summed E-state index contributed by atoms with van der Waals surface area (Å²) in [6.07, 6.45) is 1.75. The third kappa shape index (κ3) is 2.99. The molecule has 0 atom stereocenters. The second-order valence-electron chi connectivity index (χ2n) is 5.18. The third-order valence-electron chi connectivity index (χ3n) is 3.36. The van der Waals surface area contributed by atoms with Crippen LogP contribution in [0.5, 0.6) is 0 Å². The van der Waals surface area contributed by atoms with Crippen molar-refractivity contribution in [3.8, 4) is 0 Å². The Balaban J connectivity index is 1.71. The number of hydrogen-bond acceptors (Lipinski definition) is 6. The van der Waals surface area contributed by atoms with Crippen LogP contribution in [0.25, 0.3) is 11.0 Å². The van der Waals surface area contributed by atoms with Gasteiger partial charge in [-0.25, -0.2) is 0 Å². The van der Waals surface area contributed by atoms with Crippen LogP contribution < -0.4 is 0 Å². The Hall–Kier alpha value is -2.28. The fourth-order valence-electron chi connectivity index (χ4n) is 2.25. The minimum absolute atomic E-state index is 0.150. The average Bonchev–Trinajstić information content (AvgIpc) is 3.15. The second-order valence-corrected chi connectivity index (χ2v) is 5.71. The molecule has 114 valence electrons. The van der Waals surface area contributed by atoms with Crippen LogP contribution >= 0.6 is 11.7 Å². The highest BCUT2D eigenvalue weighted by Crippen LogP contribution is 2.16. The highest BCUT2D eigenvalue weighted by Gasteiger charge is 2.17. The van der Waals surface area contributed by atoms with Gasteiger partial charge in [-0.2, -0.15) is 8.75 Å². The molecule has 0 saturated heterocycles. The molecule has 6 nitrogen and oxygen atoms in total. The monoisotopic (exact) mass is 316 g/mol. The molecule has 0 bridgehead atoms. The number of benzene rings is 1. The van der Waals surface area contributed by atoms with Crippen molar-refractivity contribution in [3.05, 3.63) is 41.3 Å². The molecule has 2 heterocycles. The van der Waals surface area contributed by atoms with Gasteiger partial charge in [0, 0.05) is 26.1 Å². The smallest absolute Gasteiger partial charge is 0.276 e. The Morgan fingerprint density at radius 1 is 1.27 bits per heavy atom. The van der Waals surface area contributed by atoms with Crippen LogP contribution in [0.3, 0.4) is 0 Å². The van der Waals surface area contributed by atoms with Crippen molar-refractivity contribution >= 4 is 28.7 Å². The Labute approximate surface area is 132 Å². The number of aromatic nitrogens is 3. The van der Waals surface area contributed by atoms with Gasteiger partial charge in [0.15, 0.2) is 5.69 Å². The zero-order valence-electron chi connectivity index (χ0n) is 12.4. The summed E-state index contributed by atoms with van der Waals surface area (Å²) >= 11 is 1.19. The Bertz CT molecular complexity index is 796. The quantitative estimate of drug-likeness (QED) is 0.723. The molecule has 0 aliphatic rings. The summed E-state index contributed by atoms with van der Waals surface area (Å²) in [7, 11) is 1.75. The lowest BCUT2D eigenvalue weighted by molar-refractivity contribution is 0.0774. The molecule has 0 unspecified atom stereocenters. The first-order valence-corrected chi connectivity index (χ1v) is 7.82. The lowest BCUT2D eigenvalue weighted by Gasteiger charge is -2.15. The molecule has 0 saturated carbocycles. The van der Waals surface area contributed by atoms with Crippen molar-refractivity contribution in [1.29, 1.82) is 0 Å². The van der Waals surface area contributed by atoms with Crippen LogP contribution in [0.15, 0.2) is 28.8 Å². The summed E-state index contributed by atoms with van der Waals surface area (Å²) in [4.78, 5) is 14.0. The number of carbonyl (C=O) groups is 1. The van der Waals surface area contributed by atoms with E-state index in [1.54, 1.807) is 18.0 Å². The second kappa shape index (κ2) is 6.23. The van der Waals surface area contributed by atoms with E-state index in [0.717, 1.165) is 35.2 Å². The standard InChI is InChI=1S/C15H16N4O2S/c1-3-4-11-8-14(16-21-11)15(20)19(2)9-10-5-6-12-13(7-10)18-22-17-12/h5-8H,3-4,9H2,1-2H3. The van der Waals surface area contributed by atoms with Gasteiger partial charge in [-0.1, -0.05) is 18.1 Å². The van der Waals surface area contributed by atoms with E-state index in [0.29, 0.717) is 12.2 Å². The maximum atomic E-state index is 12.4. The molecule has 2 aromatic heterocycles.